The van der Waals surface area contributed by atoms with E-state index in [0.717, 1.165) is 16.5 Å². The topological polar surface area (TPSA) is 37.8 Å². The summed E-state index contributed by atoms with van der Waals surface area (Å²) in [5.74, 6) is 0. The van der Waals surface area contributed by atoms with Crippen molar-refractivity contribution in [2.45, 2.75) is 0 Å². The summed E-state index contributed by atoms with van der Waals surface area (Å²) in [7, 11) is 0. The first kappa shape index (κ1) is 10.9. The van der Waals surface area contributed by atoms with E-state index in [1.54, 1.807) is 10.8 Å². The van der Waals surface area contributed by atoms with Crippen LogP contribution in [0, 0.1) is 4.77 Å². The Hall–Kier alpha value is -2.20. The van der Waals surface area contributed by atoms with Crippen molar-refractivity contribution >= 4 is 23.0 Å². The highest BCUT2D eigenvalue weighted by atomic mass is 32.1. The number of nitrogens with one attached hydrogen (secondary N) is 1. The van der Waals surface area contributed by atoms with E-state index in [2.05, 4.69) is 4.98 Å². The number of benzene rings is 2. The molecule has 0 aliphatic rings. The van der Waals surface area contributed by atoms with Crippen molar-refractivity contribution in [2.24, 2.45) is 0 Å². The Bertz CT molecular complexity index is 827. The van der Waals surface area contributed by atoms with Gasteiger partial charge in [0, 0.05) is 17.6 Å². The Balaban J connectivity index is 2.38. The maximum atomic E-state index is 11.2. The normalized spacial score (nSPS) is 10.7. The number of H-pyrrole nitrogens is 1. The van der Waals surface area contributed by atoms with Crippen LogP contribution in [0.1, 0.15) is 0 Å². The van der Waals surface area contributed by atoms with Crippen LogP contribution in [0.5, 0.6) is 0 Å². The highest BCUT2D eigenvalue weighted by Crippen LogP contribution is 2.21. The van der Waals surface area contributed by atoms with Crippen molar-refractivity contribution in [3.8, 4) is 5.69 Å². The lowest BCUT2D eigenvalue weighted by Crippen LogP contribution is -2.09. The van der Waals surface area contributed by atoms with Crippen molar-refractivity contribution < 1.29 is 0 Å². The number of aromatic amines is 1. The lowest BCUT2D eigenvalue weighted by molar-refractivity contribution is 0.944. The van der Waals surface area contributed by atoms with E-state index in [-0.39, 0.29) is 5.56 Å². The molecule has 3 nitrogen and oxygen atoms in total. The van der Waals surface area contributed by atoms with E-state index in [4.69, 9.17) is 12.2 Å². The number of nitrogens with zero attached hydrogens (tertiary/aromatic N) is 1. The Kier molecular flexibility index (Phi) is 2.57. The summed E-state index contributed by atoms with van der Waals surface area (Å²) in [5.41, 5.74) is 0.783. The molecule has 0 amide bonds. The Morgan fingerprint density at radius 2 is 1.78 bits per heavy atom. The molecule has 3 rings (SSSR count). The van der Waals surface area contributed by atoms with Gasteiger partial charge in [-0.15, -0.1) is 0 Å². The predicted molar refractivity (Wildman–Crippen MR) is 74.7 cm³/mol. The van der Waals surface area contributed by atoms with Crippen molar-refractivity contribution in [3.63, 3.8) is 0 Å². The van der Waals surface area contributed by atoms with E-state index in [1.807, 2.05) is 42.5 Å². The number of hydrogen-bond donors (Lipinski definition) is 1. The van der Waals surface area contributed by atoms with Crippen molar-refractivity contribution in [3.05, 3.63) is 69.9 Å². The molecular formula is C14H10N2OS. The smallest absolute Gasteiger partial charge is 0.251 e. The molecule has 0 atom stereocenters. The third-order valence-corrected chi connectivity index (χ3v) is 3.15. The van der Waals surface area contributed by atoms with E-state index in [1.165, 1.54) is 6.07 Å². The van der Waals surface area contributed by atoms with Crippen molar-refractivity contribution in [1.82, 2.24) is 9.55 Å². The van der Waals surface area contributed by atoms with E-state index in [9.17, 15) is 4.79 Å². The second kappa shape index (κ2) is 4.23. The molecule has 0 radical (unpaired) electrons. The summed E-state index contributed by atoms with van der Waals surface area (Å²) in [5, 5.41) is 2.24. The molecule has 0 saturated carbocycles. The standard InChI is InChI=1S/C14H10N2OS/c17-13-8-9-16(14(18)15-13)12-7-3-5-10-4-1-2-6-11(10)12/h1-9H,(H,15,17,18). The molecule has 1 aromatic heterocycles. The van der Waals surface area contributed by atoms with Crippen molar-refractivity contribution in [1.29, 1.82) is 0 Å². The quantitative estimate of drug-likeness (QED) is 0.678. The van der Waals surface area contributed by atoms with E-state index < -0.39 is 0 Å². The maximum absolute atomic E-state index is 11.2. The molecular weight excluding hydrogens is 244 g/mol. The van der Waals surface area contributed by atoms with Crippen LogP contribution in [-0.2, 0) is 0 Å². The lowest BCUT2D eigenvalue weighted by Gasteiger charge is -2.09. The van der Waals surface area contributed by atoms with Crippen LogP contribution < -0.4 is 5.56 Å². The molecule has 88 valence electrons. The van der Waals surface area contributed by atoms with Crippen LogP contribution in [-0.4, -0.2) is 9.55 Å². The number of aromatic nitrogens is 2. The van der Waals surface area contributed by atoms with Gasteiger partial charge in [0.1, 0.15) is 0 Å². The predicted octanol–water partition coefficient (Wildman–Crippen LogP) is 3.05. The minimum atomic E-state index is -0.184. The zero-order valence-electron chi connectivity index (χ0n) is 9.46. The Morgan fingerprint density at radius 3 is 2.61 bits per heavy atom. The van der Waals surface area contributed by atoms with E-state index >= 15 is 0 Å². The van der Waals surface area contributed by atoms with Gasteiger partial charge < -0.3 is 0 Å². The van der Waals surface area contributed by atoms with Crippen LogP contribution in [0.4, 0.5) is 0 Å². The summed E-state index contributed by atoms with van der Waals surface area (Å²) in [6.45, 7) is 0. The molecule has 4 heteroatoms. The van der Waals surface area contributed by atoms with Crippen LogP contribution >= 0.6 is 12.2 Å². The van der Waals surface area contributed by atoms with Crippen LogP contribution in [0.2, 0.25) is 0 Å². The first-order valence-electron chi connectivity index (χ1n) is 5.56. The molecule has 18 heavy (non-hydrogen) atoms. The van der Waals surface area contributed by atoms with Gasteiger partial charge in [-0.1, -0.05) is 36.4 Å². The maximum Gasteiger partial charge on any atom is 0.251 e. The van der Waals surface area contributed by atoms with Crippen LogP contribution in [0.25, 0.3) is 16.5 Å². The second-order valence-corrected chi connectivity index (χ2v) is 4.37. The molecule has 1 heterocycles. The molecule has 0 aliphatic carbocycles. The first-order chi connectivity index (χ1) is 8.75. The van der Waals surface area contributed by atoms with Crippen LogP contribution in [0.3, 0.4) is 0 Å². The molecule has 1 N–H and O–H groups in total. The third-order valence-electron chi connectivity index (χ3n) is 2.85. The minimum absolute atomic E-state index is 0.184. The molecule has 3 aromatic rings. The fraction of sp³-hybridized carbons (Fsp3) is 0. The SMILES string of the molecule is O=c1ccn(-c2cccc3ccccc23)c(=S)[nH]1. The average molecular weight is 254 g/mol. The molecule has 2 aromatic carbocycles. The number of fused-ring (bicyclic) bond motifs is 1. The Labute approximate surface area is 108 Å². The highest BCUT2D eigenvalue weighted by Gasteiger charge is 2.02. The van der Waals surface area contributed by atoms with Gasteiger partial charge in [0.2, 0.25) is 0 Å². The summed E-state index contributed by atoms with van der Waals surface area (Å²) >= 11 is 5.19. The zero-order valence-corrected chi connectivity index (χ0v) is 10.3. The molecule has 0 fully saturated rings. The first-order valence-corrected chi connectivity index (χ1v) is 5.97. The van der Waals surface area contributed by atoms with E-state index in [0.29, 0.717) is 4.77 Å². The highest BCUT2D eigenvalue weighted by molar-refractivity contribution is 7.71. The minimum Gasteiger partial charge on any atom is -0.299 e. The molecule has 0 saturated heterocycles. The third kappa shape index (κ3) is 1.76. The largest absolute Gasteiger partial charge is 0.299 e. The lowest BCUT2D eigenvalue weighted by atomic mass is 10.1. The molecule has 0 aliphatic heterocycles. The average Bonchev–Trinajstić information content (AvgIpc) is 2.38. The summed E-state index contributed by atoms with van der Waals surface area (Å²) in [4.78, 5) is 13.8. The van der Waals surface area contributed by atoms with Gasteiger partial charge >= 0.3 is 0 Å². The monoisotopic (exact) mass is 254 g/mol. The summed E-state index contributed by atoms with van der Waals surface area (Å²) in [6.07, 6.45) is 1.70. The molecule has 0 spiro atoms. The zero-order chi connectivity index (χ0) is 12.5. The summed E-state index contributed by atoms with van der Waals surface area (Å²) in [6, 6.07) is 15.6. The van der Waals surface area contributed by atoms with Gasteiger partial charge in [-0.3, -0.25) is 14.3 Å². The fourth-order valence-electron chi connectivity index (χ4n) is 2.03. The van der Waals surface area contributed by atoms with Gasteiger partial charge in [0.15, 0.2) is 4.77 Å². The Morgan fingerprint density at radius 1 is 1.00 bits per heavy atom. The van der Waals surface area contributed by atoms with Gasteiger partial charge in [0.05, 0.1) is 5.69 Å². The van der Waals surface area contributed by atoms with Gasteiger partial charge in [0.25, 0.3) is 5.56 Å². The number of hydrogen-bond acceptors (Lipinski definition) is 2. The fourth-order valence-corrected chi connectivity index (χ4v) is 2.29. The van der Waals surface area contributed by atoms with Gasteiger partial charge in [-0.25, -0.2) is 0 Å². The van der Waals surface area contributed by atoms with Gasteiger partial charge in [-0.2, -0.15) is 0 Å². The summed E-state index contributed by atoms with van der Waals surface area (Å²) < 4.78 is 2.21. The molecule has 0 unspecified atom stereocenters. The van der Waals surface area contributed by atoms with Gasteiger partial charge in [-0.05, 0) is 23.7 Å². The van der Waals surface area contributed by atoms with Crippen LogP contribution in [0.15, 0.2) is 59.5 Å². The number of rotatable bonds is 1. The molecule has 0 bridgehead atoms. The van der Waals surface area contributed by atoms with Crippen molar-refractivity contribution in [2.75, 3.05) is 0 Å². The second-order valence-electron chi connectivity index (χ2n) is 3.98.